The number of amides is 2. The van der Waals surface area contributed by atoms with Gasteiger partial charge >= 0.3 is 0 Å². The molecule has 0 radical (unpaired) electrons. The molecule has 1 atom stereocenters. The highest BCUT2D eigenvalue weighted by Crippen LogP contribution is 2.15. The van der Waals surface area contributed by atoms with Crippen molar-refractivity contribution in [3.05, 3.63) is 24.3 Å². The summed E-state index contributed by atoms with van der Waals surface area (Å²) in [5, 5.41) is 5.39. The molecule has 4 N–H and O–H groups in total. The lowest BCUT2D eigenvalue weighted by atomic mass is 10.2. The topological polar surface area (TPSA) is 103 Å². The number of carbonyl (C=O) groups is 2. The van der Waals surface area contributed by atoms with Crippen LogP contribution in [0.5, 0.6) is 0 Å². The summed E-state index contributed by atoms with van der Waals surface area (Å²) < 4.78 is 9.79. The Morgan fingerprint density at radius 2 is 1.81 bits per heavy atom. The summed E-state index contributed by atoms with van der Waals surface area (Å²) in [6, 6.07) is 6.85. The Kier molecular flexibility index (Phi) is 7.38. The van der Waals surface area contributed by atoms with Gasteiger partial charge in [0.2, 0.25) is 11.8 Å². The van der Waals surface area contributed by atoms with E-state index in [0.29, 0.717) is 11.4 Å². The molecule has 21 heavy (non-hydrogen) atoms. The first kappa shape index (κ1) is 17.1. The quantitative estimate of drug-likeness (QED) is 0.651. The highest BCUT2D eigenvalue weighted by atomic mass is 16.5. The summed E-state index contributed by atoms with van der Waals surface area (Å²) in [4.78, 5) is 23.2. The minimum absolute atomic E-state index is 0.0252. The van der Waals surface area contributed by atoms with E-state index in [2.05, 4.69) is 10.6 Å². The van der Waals surface area contributed by atoms with Crippen molar-refractivity contribution in [2.24, 2.45) is 5.73 Å². The Morgan fingerprint density at radius 3 is 2.33 bits per heavy atom. The van der Waals surface area contributed by atoms with Gasteiger partial charge in [-0.15, -0.1) is 0 Å². The molecule has 1 aromatic rings. The van der Waals surface area contributed by atoms with Gasteiger partial charge in [0, 0.05) is 32.1 Å². The average Bonchev–Trinajstić information content (AvgIpc) is 2.45. The normalized spacial score (nSPS) is 11.8. The fourth-order valence-electron chi connectivity index (χ4n) is 1.68. The minimum Gasteiger partial charge on any atom is -0.380 e. The Bertz CT molecular complexity index is 475. The van der Waals surface area contributed by atoms with E-state index in [9.17, 15) is 9.59 Å². The third-order valence-electron chi connectivity index (χ3n) is 2.71. The van der Waals surface area contributed by atoms with Gasteiger partial charge in [0.1, 0.15) is 6.61 Å². The van der Waals surface area contributed by atoms with Crippen molar-refractivity contribution in [1.29, 1.82) is 0 Å². The third kappa shape index (κ3) is 6.35. The van der Waals surface area contributed by atoms with Gasteiger partial charge in [-0.3, -0.25) is 9.59 Å². The van der Waals surface area contributed by atoms with Crippen LogP contribution in [0.15, 0.2) is 24.3 Å². The molecule has 116 valence electrons. The highest BCUT2D eigenvalue weighted by Gasteiger charge is 2.11. The number of carbonyl (C=O) groups excluding carboxylic acids is 2. The molecule has 0 heterocycles. The molecule has 0 saturated heterocycles. The largest absolute Gasteiger partial charge is 0.380 e. The smallest absolute Gasteiger partial charge is 0.250 e. The monoisotopic (exact) mass is 295 g/mol. The Hall–Kier alpha value is -1.96. The predicted octanol–water partition coefficient (Wildman–Crippen LogP) is 0.574. The SMILES string of the molecule is COCC(=O)Nc1cccc(NC(=O)CC(CN)OC)c1. The van der Waals surface area contributed by atoms with Crippen LogP contribution >= 0.6 is 0 Å². The Labute approximate surface area is 123 Å². The number of hydrogen-bond donors (Lipinski definition) is 3. The average molecular weight is 295 g/mol. The van der Waals surface area contributed by atoms with E-state index in [1.807, 2.05) is 0 Å². The highest BCUT2D eigenvalue weighted by molar-refractivity contribution is 5.94. The molecular formula is C14H21N3O4. The standard InChI is InChI=1S/C14H21N3O4/c1-20-9-14(19)17-11-5-3-4-10(6-11)16-13(18)7-12(8-15)21-2/h3-6,12H,7-9,15H2,1-2H3,(H,16,18)(H,17,19). The molecule has 1 aromatic carbocycles. The van der Waals surface area contributed by atoms with Crippen LogP contribution in [-0.2, 0) is 19.1 Å². The zero-order valence-electron chi connectivity index (χ0n) is 12.2. The summed E-state index contributed by atoms with van der Waals surface area (Å²) in [5.41, 5.74) is 6.63. The number of nitrogens with two attached hydrogens (primary N) is 1. The van der Waals surface area contributed by atoms with Gasteiger partial charge < -0.3 is 25.8 Å². The van der Waals surface area contributed by atoms with Crippen LogP contribution in [0.25, 0.3) is 0 Å². The van der Waals surface area contributed by atoms with Crippen molar-refractivity contribution in [2.75, 3.05) is 38.0 Å². The number of benzene rings is 1. The van der Waals surface area contributed by atoms with E-state index in [-0.39, 0.29) is 37.5 Å². The van der Waals surface area contributed by atoms with Crippen molar-refractivity contribution in [1.82, 2.24) is 0 Å². The van der Waals surface area contributed by atoms with Crippen molar-refractivity contribution in [3.63, 3.8) is 0 Å². The molecule has 1 unspecified atom stereocenters. The van der Waals surface area contributed by atoms with E-state index in [1.165, 1.54) is 14.2 Å². The van der Waals surface area contributed by atoms with Gasteiger partial charge in [0.05, 0.1) is 12.5 Å². The zero-order chi connectivity index (χ0) is 15.7. The van der Waals surface area contributed by atoms with Crippen LogP contribution in [-0.4, -0.2) is 45.3 Å². The summed E-state index contributed by atoms with van der Waals surface area (Å²) in [6.07, 6.45) is -0.137. The van der Waals surface area contributed by atoms with E-state index < -0.39 is 0 Å². The molecule has 0 fully saturated rings. The van der Waals surface area contributed by atoms with E-state index in [0.717, 1.165) is 0 Å². The van der Waals surface area contributed by atoms with Crippen molar-refractivity contribution < 1.29 is 19.1 Å². The fourth-order valence-corrected chi connectivity index (χ4v) is 1.68. The van der Waals surface area contributed by atoms with Crippen molar-refractivity contribution in [2.45, 2.75) is 12.5 Å². The van der Waals surface area contributed by atoms with Gasteiger partial charge in [-0.1, -0.05) is 6.07 Å². The summed E-state index contributed by atoms with van der Waals surface area (Å²) in [7, 11) is 2.96. The maximum atomic E-state index is 11.8. The van der Waals surface area contributed by atoms with Crippen LogP contribution < -0.4 is 16.4 Å². The molecule has 0 bridgehead atoms. The van der Waals surface area contributed by atoms with Crippen LogP contribution in [0.1, 0.15) is 6.42 Å². The number of rotatable bonds is 8. The fraction of sp³-hybridized carbons (Fsp3) is 0.429. The maximum Gasteiger partial charge on any atom is 0.250 e. The number of nitrogens with one attached hydrogen (secondary N) is 2. The summed E-state index contributed by atoms with van der Waals surface area (Å²) >= 11 is 0. The van der Waals surface area contributed by atoms with Gasteiger partial charge in [-0.05, 0) is 18.2 Å². The lowest BCUT2D eigenvalue weighted by molar-refractivity contribution is -0.120. The molecule has 2 amide bonds. The Balaban J connectivity index is 2.59. The predicted molar refractivity (Wildman–Crippen MR) is 80.0 cm³/mol. The van der Waals surface area contributed by atoms with Crippen LogP contribution in [0.3, 0.4) is 0 Å². The molecule has 0 aromatic heterocycles. The molecule has 0 aliphatic rings. The first-order chi connectivity index (χ1) is 10.1. The molecule has 0 spiro atoms. The minimum atomic E-state index is -0.311. The van der Waals surface area contributed by atoms with Gasteiger partial charge in [0.25, 0.3) is 0 Å². The molecule has 0 saturated carbocycles. The summed E-state index contributed by atoms with van der Waals surface area (Å²) in [6.45, 7) is 0.250. The molecule has 0 aliphatic carbocycles. The van der Waals surface area contributed by atoms with E-state index in [4.69, 9.17) is 15.2 Å². The second-order valence-corrected chi connectivity index (χ2v) is 4.41. The lowest BCUT2D eigenvalue weighted by Gasteiger charge is -2.13. The van der Waals surface area contributed by atoms with E-state index >= 15 is 0 Å². The van der Waals surface area contributed by atoms with Gasteiger partial charge in [0.15, 0.2) is 0 Å². The molecular weight excluding hydrogens is 274 g/mol. The summed E-state index contributed by atoms with van der Waals surface area (Å²) in [5.74, 6) is -0.462. The first-order valence-corrected chi connectivity index (χ1v) is 6.50. The van der Waals surface area contributed by atoms with Gasteiger partial charge in [-0.2, -0.15) is 0 Å². The van der Waals surface area contributed by atoms with Gasteiger partial charge in [-0.25, -0.2) is 0 Å². The van der Waals surface area contributed by atoms with Crippen LogP contribution in [0.2, 0.25) is 0 Å². The lowest BCUT2D eigenvalue weighted by Crippen LogP contribution is -2.28. The zero-order valence-corrected chi connectivity index (χ0v) is 12.2. The molecule has 7 heteroatoms. The van der Waals surface area contributed by atoms with Crippen molar-refractivity contribution >= 4 is 23.2 Å². The van der Waals surface area contributed by atoms with Crippen LogP contribution in [0, 0.1) is 0 Å². The molecule has 0 aliphatic heterocycles. The first-order valence-electron chi connectivity index (χ1n) is 6.50. The second-order valence-electron chi connectivity index (χ2n) is 4.41. The Morgan fingerprint density at radius 1 is 1.19 bits per heavy atom. The number of hydrogen-bond acceptors (Lipinski definition) is 5. The third-order valence-corrected chi connectivity index (χ3v) is 2.71. The van der Waals surface area contributed by atoms with Crippen molar-refractivity contribution in [3.8, 4) is 0 Å². The number of ether oxygens (including phenoxy) is 2. The maximum absolute atomic E-state index is 11.8. The number of anilines is 2. The van der Waals surface area contributed by atoms with Crippen LogP contribution in [0.4, 0.5) is 11.4 Å². The molecule has 1 rings (SSSR count). The second kappa shape index (κ2) is 9.06. The molecule has 7 nitrogen and oxygen atoms in total. The number of methoxy groups -OCH3 is 2. The van der Waals surface area contributed by atoms with E-state index in [1.54, 1.807) is 24.3 Å².